The maximum absolute atomic E-state index is 14.9. The molecule has 0 amide bonds. The van der Waals surface area contributed by atoms with Gasteiger partial charge in [-0.3, -0.25) is 9.59 Å². The maximum Gasteiger partial charge on any atom is 0.309 e. The van der Waals surface area contributed by atoms with Crippen LogP contribution in [0.4, 0.5) is 8.78 Å². The monoisotopic (exact) mass is 1030 g/mol. The summed E-state index contributed by atoms with van der Waals surface area (Å²) in [6, 6.07) is 35.2. The Morgan fingerprint density at radius 3 is 1.53 bits per heavy atom. The molecule has 2 spiro atoms. The summed E-state index contributed by atoms with van der Waals surface area (Å²) in [4.78, 5) is 24.8. The van der Waals surface area contributed by atoms with Gasteiger partial charge in [-0.2, -0.15) is 0 Å². The smallest absolute Gasteiger partial charge is 0.309 e. The van der Waals surface area contributed by atoms with E-state index in [0.717, 1.165) is 101 Å². The highest BCUT2D eigenvalue weighted by Crippen LogP contribution is 2.63. The highest BCUT2D eigenvalue weighted by atomic mass is 35.5. The molecule has 0 bridgehead atoms. The number of alkyl halides is 1. The molecule has 6 aromatic carbocycles. The van der Waals surface area contributed by atoms with E-state index in [1.807, 2.05) is 88.4 Å². The molecule has 6 aromatic rings. The molecule has 1 unspecified atom stereocenters. The van der Waals surface area contributed by atoms with Crippen LogP contribution in [0.1, 0.15) is 142 Å². The quantitative estimate of drug-likeness (QED) is 0.0800. The minimum atomic E-state index is -0.313. The number of ether oxygens (including phenoxy) is 4. The van der Waals surface area contributed by atoms with Crippen molar-refractivity contribution in [3.05, 3.63) is 176 Å². The summed E-state index contributed by atoms with van der Waals surface area (Å²) in [6.45, 7) is 22.2. The molecule has 2 fully saturated rings. The summed E-state index contributed by atoms with van der Waals surface area (Å²) >= 11 is 6.98. The van der Waals surface area contributed by atoms with Crippen molar-refractivity contribution < 1.29 is 37.3 Å². The molecule has 0 N–H and O–H groups in total. The Balaban J connectivity index is 0.000000184. The fourth-order valence-corrected chi connectivity index (χ4v) is 12.0. The van der Waals surface area contributed by atoms with E-state index in [0.29, 0.717) is 37.6 Å². The zero-order valence-corrected chi connectivity index (χ0v) is 46.2. The first-order chi connectivity index (χ1) is 35.6. The Morgan fingerprint density at radius 1 is 0.600 bits per heavy atom. The largest absolute Gasteiger partial charge is 0.489 e. The number of fused-ring (bicyclic) bond motifs is 4. The first kappa shape index (κ1) is 53.8. The van der Waals surface area contributed by atoms with E-state index in [1.165, 1.54) is 28.3 Å². The maximum atomic E-state index is 14.9. The molecule has 4 aliphatic rings. The second-order valence-electron chi connectivity index (χ2n) is 23.9. The minimum absolute atomic E-state index is 0.0292. The molecule has 5 atom stereocenters. The number of rotatable bonds is 14. The Morgan fingerprint density at radius 2 is 1.07 bits per heavy atom. The van der Waals surface area contributed by atoms with Gasteiger partial charge in [-0.15, -0.1) is 11.6 Å². The van der Waals surface area contributed by atoms with Gasteiger partial charge in [0.25, 0.3) is 0 Å². The number of benzene rings is 6. The standard InChI is InChI=1S/C33H36ClFO3.C33H37FO3/c1-6-37-31(36)28-18-33(28)14-13-22-9-10-23(17-27(22)33)38-19-21-8-11-24(25-15-20(2)7-12-29(25)35)26(16-21)30(34)32(3,4)5;1-6-36-31(35)29-19-33(29)14-13-23-9-10-25(17-28(23)33)37-20-22-8-11-26(24(16-22)18-32(3,4)5)27-15-21(2)7-12-30(27)34/h7-12,15-17,28,30H,6,13-14,18-19H2,1-5H3;7-12,15-17,29H,6,13-14,18-20H2,1-5H3/t28-,30?,33-;29-,33-/m00/s1. The molecule has 0 aliphatic heterocycles. The van der Waals surface area contributed by atoms with Crippen molar-refractivity contribution >= 4 is 23.5 Å². The average Bonchev–Trinajstić information content (AvgIpc) is 4.28. The summed E-state index contributed by atoms with van der Waals surface area (Å²) in [7, 11) is 0. The van der Waals surface area contributed by atoms with Crippen molar-refractivity contribution in [2.75, 3.05) is 13.2 Å². The van der Waals surface area contributed by atoms with Gasteiger partial charge in [0, 0.05) is 22.0 Å². The van der Waals surface area contributed by atoms with Crippen molar-refractivity contribution in [1.29, 1.82) is 0 Å². The molecule has 9 heteroatoms. The molecule has 0 radical (unpaired) electrons. The zero-order valence-electron chi connectivity index (χ0n) is 45.5. The third kappa shape index (κ3) is 11.4. The van der Waals surface area contributed by atoms with Crippen LogP contribution in [-0.4, -0.2) is 25.2 Å². The van der Waals surface area contributed by atoms with Gasteiger partial charge in [-0.05, 0) is 188 Å². The van der Waals surface area contributed by atoms with Crippen LogP contribution < -0.4 is 9.47 Å². The van der Waals surface area contributed by atoms with Crippen LogP contribution in [0.3, 0.4) is 0 Å². The summed E-state index contributed by atoms with van der Waals surface area (Å²) < 4.78 is 52.8. The summed E-state index contributed by atoms with van der Waals surface area (Å²) in [5.41, 5.74) is 13.8. The lowest BCUT2D eigenvalue weighted by Crippen LogP contribution is -2.15. The number of esters is 2. The molecule has 2 saturated carbocycles. The van der Waals surface area contributed by atoms with Crippen molar-refractivity contribution in [1.82, 2.24) is 0 Å². The van der Waals surface area contributed by atoms with Gasteiger partial charge in [0.15, 0.2) is 0 Å². The Kier molecular flexibility index (Phi) is 15.2. The van der Waals surface area contributed by atoms with Gasteiger partial charge in [0.1, 0.15) is 36.3 Å². The van der Waals surface area contributed by atoms with E-state index in [9.17, 15) is 18.4 Å². The molecule has 0 saturated heterocycles. The van der Waals surface area contributed by atoms with Crippen molar-refractivity contribution in [2.24, 2.45) is 22.7 Å². The zero-order chi connectivity index (χ0) is 53.6. The lowest BCUT2D eigenvalue weighted by molar-refractivity contribution is -0.146. The van der Waals surface area contributed by atoms with E-state index >= 15 is 0 Å². The van der Waals surface area contributed by atoms with Gasteiger partial charge in [-0.25, -0.2) is 8.78 Å². The molecule has 75 heavy (non-hydrogen) atoms. The summed E-state index contributed by atoms with van der Waals surface area (Å²) in [5.74, 6) is 0.920. The number of carbonyl (C=O) groups is 2. The van der Waals surface area contributed by atoms with E-state index < -0.39 is 0 Å². The van der Waals surface area contributed by atoms with Crippen LogP contribution in [0.25, 0.3) is 22.3 Å². The first-order valence-electron chi connectivity index (χ1n) is 26.9. The highest BCUT2D eigenvalue weighted by molar-refractivity contribution is 6.21. The van der Waals surface area contributed by atoms with Gasteiger partial charge in [0.05, 0.1) is 30.4 Å². The fraction of sp³-hybridized carbons (Fsp3) is 0.424. The molecule has 10 rings (SSSR count). The van der Waals surface area contributed by atoms with Crippen molar-refractivity contribution in [3.63, 3.8) is 0 Å². The topological polar surface area (TPSA) is 71.1 Å². The Labute approximate surface area is 448 Å². The SMILES string of the molecule is CCOC(=O)[C@@H]1C[C@]12CCc1ccc(OCc3ccc(-c4cc(C)ccc4F)c(C(Cl)C(C)(C)C)c3)cc12.CCOC(=O)[C@@H]1C[C@]12CCc1ccc(OCc3ccc(-c4cc(C)ccc4F)c(CC(C)(C)C)c3)cc12. The van der Waals surface area contributed by atoms with E-state index in [1.54, 1.807) is 12.1 Å². The number of carbonyl (C=O) groups excluding carboxylic acids is 2. The third-order valence-corrected chi connectivity index (χ3v) is 16.8. The van der Waals surface area contributed by atoms with E-state index in [2.05, 4.69) is 71.9 Å². The molecule has 394 valence electrons. The van der Waals surface area contributed by atoms with Gasteiger partial charge < -0.3 is 18.9 Å². The number of hydrogen-bond acceptors (Lipinski definition) is 6. The van der Waals surface area contributed by atoms with E-state index in [4.69, 9.17) is 30.5 Å². The highest BCUT2D eigenvalue weighted by Gasteiger charge is 2.63. The van der Waals surface area contributed by atoms with Crippen LogP contribution in [0.15, 0.2) is 109 Å². The number of aryl methyl sites for hydroxylation is 4. The predicted octanol–water partition coefficient (Wildman–Crippen LogP) is 16.2. The second-order valence-corrected chi connectivity index (χ2v) is 24.3. The van der Waals surface area contributed by atoms with Crippen molar-refractivity contribution in [2.45, 2.75) is 144 Å². The molecule has 0 aromatic heterocycles. The minimum Gasteiger partial charge on any atom is -0.489 e. The molecule has 4 aliphatic carbocycles. The molecular formula is C66H73ClF2O6. The lowest BCUT2D eigenvalue weighted by atomic mass is 9.83. The fourth-order valence-electron chi connectivity index (χ4n) is 11.9. The van der Waals surface area contributed by atoms with Gasteiger partial charge in [0.2, 0.25) is 0 Å². The Bertz CT molecular complexity index is 3130. The lowest BCUT2D eigenvalue weighted by Gasteiger charge is -2.28. The van der Waals surface area contributed by atoms with Crippen LogP contribution in [0, 0.1) is 48.1 Å². The van der Waals surface area contributed by atoms with Crippen molar-refractivity contribution in [3.8, 4) is 33.8 Å². The molecule has 6 nitrogen and oxygen atoms in total. The molecular weight excluding hydrogens is 962 g/mol. The molecule has 0 heterocycles. The first-order valence-corrected chi connectivity index (χ1v) is 27.3. The van der Waals surface area contributed by atoms with Crippen LogP contribution in [0.5, 0.6) is 11.5 Å². The van der Waals surface area contributed by atoms with Gasteiger partial charge in [-0.1, -0.05) is 113 Å². The summed E-state index contributed by atoms with van der Waals surface area (Å²) in [5, 5.41) is -0.313. The normalized spacial score (nSPS) is 20.4. The van der Waals surface area contributed by atoms with Crippen LogP contribution in [-0.2, 0) is 62.4 Å². The van der Waals surface area contributed by atoms with E-state index in [-0.39, 0.29) is 62.4 Å². The number of hydrogen-bond donors (Lipinski definition) is 0. The van der Waals surface area contributed by atoms with Crippen LogP contribution in [0.2, 0.25) is 0 Å². The average molecular weight is 1040 g/mol. The number of halogens is 3. The Hall–Kier alpha value is -5.99. The van der Waals surface area contributed by atoms with Crippen LogP contribution >= 0.6 is 11.6 Å². The predicted molar refractivity (Wildman–Crippen MR) is 295 cm³/mol. The third-order valence-electron chi connectivity index (χ3n) is 15.9. The van der Waals surface area contributed by atoms with Gasteiger partial charge >= 0.3 is 11.9 Å². The summed E-state index contributed by atoms with van der Waals surface area (Å²) in [6.07, 6.45) is 6.53. The second kappa shape index (κ2) is 21.2.